The smallest absolute Gasteiger partial charge is 0.261 e. The van der Waals surface area contributed by atoms with E-state index in [2.05, 4.69) is 5.32 Å². The van der Waals surface area contributed by atoms with Crippen molar-refractivity contribution in [3.63, 3.8) is 0 Å². The largest absolute Gasteiger partial charge is 0.347 e. The van der Waals surface area contributed by atoms with E-state index in [1.54, 1.807) is 18.2 Å². The van der Waals surface area contributed by atoms with Crippen molar-refractivity contribution in [2.75, 3.05) is 18.4 Å². The molecule has 31 heavy (non-hydrogen) atoms. The zero-order chi connectivity index (χ0) is 22.7. The fourth-order valence-corrected chi connectivity index (χ4v) is 3.09. The SMILES string of the molecule is Cc1ccc2c(c1)C(=O)N(CCCC(=O)NCC(=O)Nc1ccc(F)c(F)c1F)C2=O. The molecule has 0 atom stereocenters. The first kappa shape index (κ1) is 22.0. The van der Waals surface area contributed by atoms with Gasteiger partial charge in [0.25, 0.3) is 11.8 Å². The summed E-state index contributed by atoms with van der Waals surface area (Å²) in [5.74, 6) is -6.87. The number of rotatable bonds is 7. The standard InChI is InChI=1S/C21H18F3N3O4/c1-11-4-5-12-13(9-11)21(31)27(20(12)30)8-2-3-16(28)25-10-17(29)26-15-7-6-14(22)18(23)19(15)24/h4-7,9H,2-3,8,10H2,1H3,(H,25,28)(H,26,29). The van der Waals surface area contributed by atoms with Crippen molar-refractivity contribution in [1.82, 2.24) is 10.2 Å². The molecule has 0 bridgehead atoms. The van der Waals surface area contributed by atoms with E-state index in [1.807, 2.05) is 12.2 Å². The second-order valence-electron chi connectivity index (χ2n) is 6.96. The Hall–Kier alpha value is -3.69. The second kappa shape index (κ2) is 8.99. The average Bonchev–Trinajstić information content (AvgIpc) is 2.97. The molecule has 0 unspecified atom stereocenters. The highest BCUT2D eigenvalue weighted by Crippen LogP contribution is 2.24. The number of nitrogens with one attached hydrogen (secondary N) is 2. The molecule has 0 spiro atoms. The minimum atomic E-state index is -1.72. The molecule has 1 aliphatic heterocycles. The summed E-state index contributed by atoms with van der Waals surface area (Å²) in [6, 6.07) is 6.48. The molecule has 0 saturated heterocycles. The van der Waals surface area contributed by atoms with E-state index in [0.29, 0.717) is 17.2 Å². The molecule has 0 aromatic heterocycles. The second-order valence-corrected chi connectivity index (χ2v) is 6.96. The van der Waals surface area contributed by atoms with Crippen molar-refractivity contribution in [1.29, 1.82) is 0 Å². The van der Waals surface area contributed by atoms with Crippen molar-refractivity contribution in [3.05, 3.63) is 64.5 Å². The lowest BCUT2D eigenvalue weighted by atomic mass is 10.1. The van der Waals surface area contributed by atoms with Gasteiger partial charge in [-0.25, -0.2) is 13.2 Å². The van der Waals surface area contributed by atoms with Crippen molar-refractivity contribution in [2.45, 2.75) is 19.8 Å². The maximum Gasteiger partial charge on any atom is 0.261 e. The lowest BCUT2D eigenvalue weighted by molar-refractivity contribution is -0.124. The van der Waals surface area contributed by atoms with E-state index >= 15 is 0 Å². The molecule has 0 radical (unpaired) electrons. The number of amides is 4. The molecule has 0 fully saturated rings. The first-order valence-corrected chi connectivity index (χ1v) is 9.36. The van der Waals surface area contributed by atoms with Crippen molar-refractivity contribution in [2.24, 2.45) is 0 Å². The maximum atomic E-state index is 13.5. The van der Waals surface area contributed by atoms with Crippen molar-refractivity contribution < 1.29 is 32.3 Å². The molecule has 10 heteroatoms. The minimum absolute atomic E-state index is 0.0328. The minimum Gasteiger partial charge on any atom is -0.347 e. The van der Waals surface area contributed by atoms with E-state index in [4.69, 9.17) is 0 Å². The lowest BCUT2D eigenvalue weighted by Crippen LogP contribution is -2.34. The number of benzene rings is 2. The van der Waals surface area contributed by atoms with Crippen LogP contribution in [0.1, 0.15) is 39.1 Å². The van der Waals surface area contributed by atoms with Gasteiger partial charge in [-0.2, -0.15) is 0 Å². The number of fused-ring (bicyclic) bond motifs is 1. The van der Waals surface area contributed by atoms with E-state index in [9.17, 15) is 32.3 Å². The van der Waals surface area contributed by atoms with Crippen LogP contribution < -0.4 is 10.6 Å². The number of carbonyl (C=O) groups excluding carboxylic acids is 4. The van der Waals surface area contributed by atoms with Crippen LogP contribution in [0, 0.1) is 24.4 Å². The van der Waals surface area contributed by atoms with Gasteiger partial charge in [0.2, 0.25) is 11.8 Å². The quantitative estimate of drug-likeness (QED) is 0.518. The van der Waals surface area contributed by atoms with Gasteiger partial charge in [0.05, 0.1) is 23.4 Å². The van der Waals surface area contributed by atoms with Crippen molar-refractivity contribution in [3.8, 4) is 0 Å². The highest BCUT2D eigenvalue weighted by atomic mass is 19.2. The van der Waals surface area contributed by atoms with Gasteiger partial charge in [-0.1, -0.05) is 11.6 Å². The van der Waals surface area contributed by atoms with Crippen molar-refractivity contribution >= 4 is 29.3 Å². The topological polar surface area (TPSA) is 95.6 Å². The van der Waals surface area contributed by atoms with Gasteiger partial charge in [-0.3, -0.25) is 24.1 Å². The summed E-state index contributed by atoms with van der Waals surface area (Å²) in [6.07, 6.45) is 0.106. The summed E-state index contributed by atoms with van der Waals surface area (Å²) < 4.78 is 39.6. The highest BCUT2D eigenvalue weighted by Gasteiger charge is 2.34. The molecule has 1 aliphatic rings. The summed E-state index contributed by atoms with van der Waals surface area (Å²) in [4.78, 5) is 49.4. The van der Waals surface area contributed by atoms with E-state index in [-0.39, 0.29) is 19.4 Å². The molecule has 0 aliphatic carbocycles. The van der Waals surface area contributed by atoms with E-state index < -0.39 is 53.3 Å². The van der Waals surface area contributed by atoms with Gasteiger partial charge >= 0.3 is 0 Å². The van der Waals surface area contributed by atoms with Crippen LogP contribution in [0.15, 0.2) is 30.3 Å². The molecule has 2 aromatic carbocycles. The Bertz CT molecular complexity index is 1090. The molecular weight excluding hydrogens is 415 g/mol. The van der Waals surface area contributed by atoms with Gasteiger partial charge in [0, 0.05) is 13.0 Å². The first-order chi connectivity index (χ1) is 14.7. The van der Waals surface area contributed by atoms with Gasteiger partial charge in [-0.05, 0) is 37.6 Å². The molecule has 162 valence electrons. The molecule has 2 N–H and O–H groups in total. The van der Waals surface area contributed by atoms with Crippen LogP contribution in [0.4, 0.5) is 18.9 Å². The number of hydrogen-bond donors (Lipinski definition) is 2. The lowest BCUT2D eigenvalue weighted by Gasteiger charge is -2.13. The van der Waals surface area contributed by atoms with Gasteiger partial charge in [0.15, 0.2) is 17.5 Å². The number of nitrogens with zero attached hydrogens (tertiary/aromatic N) is 1. The normalized spacial score (nSPS) is 12.7. The zero-order valence-electron chi connectivity index (χ0n) is 16.4. The predicted octanol–water partition coefficient (Wildman–Crippen LogP) is 2.54. The average molecular weight is 433 g/mol. The van der Waals surface area contributed by atoms with E-state index in [1.165, 1.54) is 0 Å². The Kier molecular flexibility index (Phi) is 6.38. The Morgan fingerprint density at radius 3 is 2.39 bits per heavy atom. The van der Waals surface area contributed by atoms with Crippen LogP contribution in [0.25, 0.3) is 0 Å². The molecule has 3 rings (SSSR count). The fourth-order valence-electron chi connectivity index (χ4n) is 3.09. The van der Waals surface area contributed by atoms with Gasteiger partial charge in [-0.15, -0.1) is 0 Å². The number of hydrogen-bond acceptors (Lipinski definition) is 4. The van der Waals surface area contributed by atoms with Gasteiger partial charge in [0.1, 0.15) is 0 Å². The Labute approximate surface area is 175 Å². The monoisotopic (exact) mass is 433 g/mol. The number of anilines is 1. The van der Waals surface area contributed by atoms with E-state index in [0.717, 1.165) is 16.5 Å². The number of imide groups is 1. The van der Waals surface area contributed by atoms with Gasteiger partial charge < -0.3 is 10.6 Å². The molecule has 1 heterocycles. The Balaban J connectivity index is 1.44. The third-order valence-corrected chi connectivity index (χ3v) is 4.67. The molecule has 2 aromatic rings. The first-order valence-electron chi connectivity index (χ1n) is 9.36. The summed E-state index contributed by atoms with van der Waals surface area (Å²) in [6.45, 7) is 1.32. The van der Waals surface area contributed by atoms with Crippen LogP contribution in [0.5, 0.6) is 0 Å². The molecule has 4 amide bonds. The maximum absolute atomic E-state index is 13.5. The summed E-state index contributed by atoms with van der Waals surface area (Å²) >= 11 is 0. The number of carbonyl (C=O) groups is 4. The van der Waals surface area contributed by atoms with Crippen LogP contribution in [-0.4, -0.2) is 41.6 Å². The number of halogens is 3. The summed E-state index contributed by atoms with van der Waals surface area (Å²) in [5.41, 5.74) is 0.943. The molecular formula is C21H18F3N3O4. The Morgan fingerprint density at radius 1 is 0.935 bits per heavy atom. The predicted molar refractivity (Wildman–Crippen MR) is 104 cm³/mol. The number of aryl methyl sites for hydroxylation is 1. The summed E-state index contributed by atoms with van der Waals surface area (Å²) in [5, 5.41) is 4.32. The summed E-state index contributed by atoms with van der Waals surface area (Å²) in [7, 11) is 0. The fraction of sp³-hybridized carbons (Fsp3) is 0.238. The highest BCUT2D eigenvalue weighted by molar-refractivity contribution is 6.21. The van der Waals surface area contributed by atoms with Crippen LogP contribution >= 0.6 is 0 Å². The van der Waals surface area contributed by atoms with Crippen LogP contribution in [0.3, 0.4) is 0 Å². The Morgan fingerprint density at radius 2 is 1.65 bits per heavy atom. The third kappa shape index (κ3) is 4.73. The zero-order valence-corrected chi connectivity index (χ0v) is 16.4. The molecule has 0 saturated carbocycles. The third-order valence-electron chi connectivity index (χ3n) is 4.67. The van der Waals surface area contributed by atoms with Crippen LogP contribution in [0.2, 0.25) is 0 Å². The molecule has 7 nitrogen and oxygen atoms in total. The van der Waals surface area contributed by atoms with Crippen LogP contribution in [-0.2, 0) is 9.59 Å².